The van der Waals surface area contributed by atoms with Gasteiger partial charge in [0.1, 0.15) is 12.3 Å². The van der Waals surface area contributed by atoms with Gasteiger partial charge in [-0.2, -0.15) is 0 Å². The molecule has 144 valence electrons. The number of rotatable bonds is 6. The number of aromatic nitrogens is 1. The first kappa shape index (κ1) is 19.4. The summed E-state index contributed by atoms with van der Waals surface area (Å²) in [6.07, 6.45) is 0.840. The molecule has 1 unspecified atom stereocenters. The van der Waals surface area contributed by atoms with Crippen LogP contribution in [0.4, 0.5) is 5.69 Å². The first-order valence-corrected chi connectivity index (χ1v) is 10.1. The van der Waals surface area contributed by atoms with Crippen molar-refractivity contribution in [3.8, 4) is 17.0 Å². The van der Waals surface area contributed by atoms with E-state index in [1.54, 1.807) is 11.3 Å². The SMILES string of the molecule is CCCNC(=O)CN1C(=O)C(CC)Oc2ccc(-c3nc(C)sc3C)cc21. The fourth-order valence-corrected chi connectivity index (χ4v) is 3.99. The maximum absolute atomic E-state index is 12.9. The fourth-order valence-electron chi connectivity index (χ4n) is 3.15. The van der Waals surface area contributed by atoms with Crippen LogP contribution in [0.3, 0.4) is 0 Å². The van der Waals surface area contributed by atoms with Gasteiger partial charge in [-0.1, -0.05) is 13.8 Å². The Morgan fingerprint density at radius 2 is 2.11 bits per heavy atom. The van der Waals surface area contributed by atoms with Crippen LogP contribution >= 0.6 is 11.3 Å². The molecule has 6 nitrogen and oxygen atoms in total. The molecular formula is C20H25N3O3S. The van der Waals surface area contributed by atoms with Crippen LogP contribution in [0.1, 0.15) is 36.6 Å². The Morgan fingerprint density at radius 1 is 1.33 bits per heavy atom. The van der Waals surface area contributed by atoms with Gasteiger partial charge >= 0.3 is 0 Å². The third-order valence-corrected chi connectivity index (χ3v) is 5.37. The maximum atomic E-state index is 12.9. The van der Waals surface area contributed by atoms with E-state index in [1.165, 1.54) is 4.90 Å². The van der Waals surface area contributed by atoms with Gasteiger partial charge in [0, 0.05) is 17.0 Å². The van der Waals surface area contributed by atoms with Crippen molar-refractivity contribution in [2.45, 2.75) is 46.6 Å². The number of benzene rings is 1. The van der Waals surface area contributed by atoms with E-state index < -0.39 is 6.10 Å². The van der Waals surface area contributed by atoms with Crippen molar-refractivity contribution in [2.24, 2.45) is 0 Å². The zero-order valence-electron chi connectivity index (χ0n) is 16.2. The molecule has 3 rings (SSSR count). The number of nitrogens with one attached hydrogen (secondary N) is 1. The summed E-state index contributed by atoms with van der Waals surface area (Å²) in [7, 11) is 0. The summed E-state index contributed by atoms with van der Waals surface area (Å²) >= 11 is 1.64. The number of nitrogens with zero attached hydrogens (tertiary/aromatic N) is 2. The molecule has 27 heavy (non-hydrogen) atoms. The van der Waals surface area contributed by atoms with E-state index in [0.717, 1.165) is 27.6 Å². The zero-order valence-corrected chi connectivity index (χ0v) is 17.0. The monoisotopic (exact) mass is 387 g/mol. The van der Waals surface area contributed by atoms with Crippen molar-refractivity contribution in [2.75, 3.05) is 18.0 Å². The van der Waals surface area contributed by atoms with E-state index >= 15 is 0 Å². The minimum atomic E-state index is -0.564. The number of thiazole rings is 1. The number of amides is 2. The van der Waals surface area contributed by atoms with Crippen LogP contribution in [0.2, 0.25) is 0 Å². The third-order valence-electron chi connectivity index (χ3n) is 4.48. The van der Waals surface area contributed by atoms with Crippen LogP contribution in [0.5, 0.6) is 5.75 Å². The van der Waals surface area contributed by atoms with E-state index in [1.807, 2.05) is 45.9 Å². The lowest BCUT2D eigenvalue weighted by molar-refractivity contribution is -0.129. The van der Waals surface area contributed by atoms with E-state index in [9.17, 15) is 9.59 Å². The predicted octanol–water partition coefficient (Wildman–Crippen LogP) is 3.46. The summed E-state index contributed by atoms with van der Waals surface area (Å²) in [6.45, 7) is 8.49. The van der Waals surface area contributed by atoms with Crippen LogP contribution in [-0.4, -0.2) is 36.0 Å². The van der Waals surface area contributed by atoms with Crippen molar-refractivity contribution in [1.29, 1.82) is 0 Å². The Balaban J connectivity index is 1.98. The molecule has 2 aromatic rings. The van der Waals surface area contributed by atoms with E-state index in [-0.39, 0.29) is 18.4 Å². The second kappa shape index (κ2) is 8.08. The first-order chi connectivity index (χ1) is 12.9. The summed E-state index contributed by atoms with van der Waals surface area (Å²) in [5.74, 6) is 0.275. The predicted molar refractivity (Wildman–Crippen MR) is 107 cm³/mol. The standard InChI is InChI=1S/C20H25N3O3S/c1-5-9-21-18(24)11-23-15-10-14(19-12(3)27-13(4)22-19)7-8-17(15)26-16(6-2)20(23)25/h7-8,10,16H,5-6,9,11H2,1-4H3,(H,21,24). The lowest BCUT2D eigenvalue weighted by atomic mass is 10.1. The second-order valence-electron chi connectivity index (χ2n) is 6.61. The highest BCUT2D eigenvalue weighted by molar-refractivity contribution is 7.11. The number of ether oxygens (including phenoxy) is 1. The Hall–Kier alpha value is -2.41. The Bertz CT molecular complexity index is 862. The minimum absolute atomic E-state index is 0.00970. The summed E-state index contributed by atoms with van der Waals surface area (Å²) in [5.41, 5.74) is 2.44. The molecule has 0 saturated heterocycles. The van der Waals surface area contributed by atoms with E-state index in [0.29, 0.717) is 24.4 Å². The highest BCUT2D eigenvalue weighted by Crippen LogP contribution is 2.39. The van der Waals surface area contributed by atoms with Gasteiger partial charge in [0.05, 0.1) is 16.4 Å². The first-order valence-electron chi connectivity index (χ1n) is 9.27. The zero-order chi connectivity index (χ0) is 19.6. The molecule has 1 aliphatic rings. The molecule has 0 spiro atoms. The van der Waals surface area contributed by atoms with Crippen molar-refractivity contribution >= 4 is 28.8 Å². The highest BCUT2D eigenvalue weighted by atomic mass is 32.1. The van der Waals surface area contributed by atoms with Crippen LogP contribution in [-0.2, 0) is 9.59 Å². The molecule has 0 saturated carbocycles. The number of carbonyl (C=O) groups is 2. The van der Waals surface area contributed by atoms with Gasteiger partial charge in [0.2, 0.25) is 5.91 Å². The molecule has 0 bridgehead atoms. The van der Waals surface area contributed by atoms with E-state index in [4.69, 9.17) is 4.74 Å². The van der Waals surface area contributed by atoms with Crippen LogP contribution in [0.25, 0.3) is 11.3 Å². The Kier molecular flexibility index (Phi) is 5.79. The number of anilines is 1. The molecule has 1 aliphatic heterocycles. The van der Waals surface area contributed by atoms with Gasteiger partial charge in [0.15, 0.2) is 6.10 Å². The number of fused-ring (bicyclic) bond motifs is 1. The van der Waals surface area contributed by atoms with Gasteiger partial charge in [-0.05, 0) is 44.9 Å². The van der Waals surface area contributed by atoms with Crippen molar-refractivity contribution in [3.05, 3.63) is 28.1 Å². The highest BCUT2D eigenvalue weighted by Gasteiger charge is 2.34. The molecule has 1 aromatic carbocycles. The number of aryl methyl sites for hydroxylation is 2. The number of carbonyl (C=O) groups excluding carboxylic acids is 2. The molecule has 7 heteroatoms. The number of hydrogen-bond acceptors (Lipinski definition) is 5. The van der Waals surface area contributed by atoms with Gasteiger partial charge in [-0.25, -0.2) is 4.98 Å². The summed E-state index contributed by atoms with van der Waals surface area (Å²) in [6, 6.07) is 5.72. The Morgan fingerprint density at radius 3 is 2.74 bits per heavy atom. The fraction of sp³-hybridized carbons (Fsp3) is 0.450. The lowest BCUT2D eigenvalue weighted by Crippen LogP contribution is -2.49. The van der Waals surface area contributed by atoms with Gasteiger partial charge in [0.25, 0.3) is 5.91 Å². The van der Waals surface area contributed by atoms with Crippen molar-refractivity contribution < 1.29 is 14.3 Å². The molecule has 2 heterocycles. The van der Waals surface area contributed by atoms with Crippen molar-refractivity contribution in [3.63, 3.8) is 0 Å². The maximum Gasteiger partial charge on any atom is 0.268 e. The smallest absolute Gasteiger partial charge is 0.268 e. The third kappa shape index (κ3) is 3.98. The molecule has 0 fully saturated rings. The van der Waals surface area contributed by atoms with Crippen LogP contribution in [0.15, 0.2) is 18.2 Å². The molecule has 1 N–H and O–H groups in total. The normalized spacial score (nSPS) is 16.1. The molecule has 2 amide bonds. The number of hydrogen-bond donors (Lipinski definition) is 1. The molecule has 0 radical (unpaired) electrons. The van der Waals surface area contributed by atoms with Crippen LogP contribution < -0.4 is 15.0 Å². The van der Waals surface area contributed by atoms with E-state index in [2.05, 4.69) is 10.3 Å². The molecule has 0 aliphatic carbocycles. The summed E-state index contributed by atoms with van der Waals surface area (Å²) in [4.78, 5) is 32.4. The molecule has 1 atom stereocenters. The quantitative estimate of drug-likeness (QED) is 0.824. The average Bonchev–Trinajstić information content (AvgIpc) is 2.99. The summed E-state index contributed by atoms with van der Waals surface area (Å²) in [5, 5.41) is 3.83. The molecular weight excluding hydrogens is 362 g/mol. The van der Waals surface area contributed by atoms with Crippen LogP contribution in [0, 0.1) is 13.8 Å². The summed E-state index contributed by atoms with van der Waals surface area (Å²) < 4.78 is 5.87. The minimum Gasteiger partial charge on any atom is -0.478 e. The second-order valence-corrected chi connectivity index (χ2v) is 8.02. The van der Waals surface area contributed by atoms with Crippen molar-refractivity contribution in [1.82, 2.24) is 10.3 Å². The largest absolute Gasteiger partial charge is 0.478 e. The Labute approximate surface area is 163 Å². The topological polar surface area (TPSA) is 71.5 Å². The van der Waals surface area contributed by atoms with Gasteiger partial charge < -0.3 is 10.1 Å². The lowest BCUT2D eigenvalue weighted by Gasteiger charge is -2.34. The van der Waals surface area contributed by atoms with Gasteiger partial charge in [-0.3, -0.25) is 14.5 Å². The average molecular weight is 388 g/mol. The molecule has 1 aromatic heterocycles. The van der Waals surface area contributed by atoms with Gasteiger partial charge in [-0.15, -0.1) is 11.3 Å².